The fourth-order valence-electron chi connectivity index (χ4n) is 1.67. The van der Waals surface area contributed by atoms with Crippen LogP contribution < -0.4 is 11.5 Å². The van der Waals surface area contributed by atoms with Gasteiger partial charge < -0.3 is 16.0 Å². The minimum atomic E-state index is -0.455. The number of benzene rings is 1. The summed E-state index contributed by atoms with van der Waals surface area (Å²) in [6.45, 7) is 0. The van der Waals surface area contributed by atoms with Crippen LogP contribution in [0.3, 0.4) is 0 Å². The number of thioether (sulfide) groups is 1. The summed E-state index contributed by atoms with van der Waals surface area (Å²) in [5.74, 6) is -0.696. The lowest BCUT2D eigenvalue weighted by molar-refractivity contribution is 0.100. The van der Waals surface area contributed by atoms with E-state index < -0.39 is 5.91 Å². The van der Waals surface area contributed by atoms with Crippen LogP contribution in [0.2, 0.25) is 0 Å². The van der Waals surface area contributed by atoms with Crippen LogP contribution in [0.15, 0.2) is 28.3 Å². The number of carbonyl (C=O) groups is 1. The summed E-state index contributed by atoms with van der Waals surface area (Å²) in [5.41, 5.74) is 12.5. The quantitative estimate of drug-likeness (QED) is 0.472. The van der Waals surface area contributed by atoms with Crippen LogP contribution in [0, 0.1) is 0 Å². The van der Waals surface area contributed by atoms with Crippen molar-refractivity contribution in [2.75, 3.05) is 6.26 Å². The van der Waals surface area contributed by atoms with E-state index in [9.17, 15) is 4.79 Å². The summed E-state index contributed by atoms with van der Waals surface area (Å²) in [7, 11) is 1.90. The van der Waals surface area contributed by atoms with Gasteiger partial charge in [-0.05, 0) is 24.5 Å². The molecule has 0 saturated carbocycles. The van der Waals surface area contributed by atoms with E-state index in [4.69, 9.17) is 11.5 Å². The Hall–Kier alpha value is -2.02. The Morgan fingerprint density at radius 1 is 1.44 bits per heavy atom. The van der Waals surface area contributed by atoms with Gasteiger partial charge in [0.15, 0.2) is 11.1 Å². The Labute approximate surface area is 108 Å². The third-order valence-corrected chi connectivity index (χ3v) is 3.23. The second kappa shape index (κ2) is 4.69. The first-order valence-corrected chi connectivity index (χ1v) is 6.40. The van der Waals surface area contributed by atoms with Crippen molar-refractivity contribution in [3.05, 3.63) is 23.8 Å². The maximum Gasteiger partial charge on any atom is 0.280 e. The van der Waals surface area contributed by atoms with Gasteiger partial charge in [0.25, 0.3) is 5.91 Å². The number of rotatable bonds is 2. The fourth-order valence-corrected chi connectivity index (χ4v) is 2.23. The Morgan fingerprint density at radius 3 is 2.78 bits per heavy atom. The SMILES string of the molecule is CSc1nc2ccc(C(=O)N=C(N)N)cc2n1C. The van der Waals surface area contributed by atoms with Gasteiger partial charge in [-0.2, -0.15) is 4.99 Å². The molecule has 1 heterocycles. The number of carbonyl (C=O) groups excluding carboxylic acids is 1. The first kappa shape index (κ1) is 12.4. The normalized spacial score (nSPS) is 10.6. The molecule has 0 aliphatic carbocycles. The predicted octanol–water partition coefficient (Wildman–Crippen LogP) is 0.709. The summed E-state index contributed by atoms with van der Waals surface area (Å²) in [6, 6.07) is 5.18. The van der Waals surface area contributed by atoms with E-state index >= 15 is 0 Å². The number of aryl methyl sites for hydroxylation is 1. The number of imidazole rings is 1. The van der Waals surface area contributed by atoms with Gasteiger partial charge in [0.05, 0.1) is 11.0 Å². The highest BCUT2D eigenvalue weighted by Gasteiger charge is 2.10. The van der Waals surface area contributed by atoms with Crippen molar-refractivity contribution < 1.29 is 4.79 Å². The molecule has 0 atom stereocenters. The van der Waals surface area contributed by atoms with E-state index in [1.165, 1.54) is 0 Å². The third kappa shape index (κ3) is 2.17. The van der Waals surface area contributed by atoms with Gasteiger partial charge in [-0.1, -0.05) is 11.8 Å². The van der Waals surface area contributed by atoms with Crippen LogP contribution in [0.25, 0.3) is 11.0 Å². The molecule has 7 heteroatoms. The molecule has 2 aromatic rings. The standard InChI is InChI=1S/C11H13N5OS/c1-16-8-5-6(9(17)15-10(12)13)3-4-7(8)14-11(16)18-2/h3-5H,1-2H3,(H4,12,13,15,17). The highest BCUT2D eigenvalue weighted by molar-refractivity contribution is 7.98. The second-order valence-electron chi connectivity index (χ2n) is 3.70. The Morgan fingerprint density at radius 2 is 2.17 bits per heavy atom. The molecular formula is C11H13N5OS. The van der Waals surface area contributed by atoms with Gasteiger partial charge in [-0.3, -0.25) is 4.79 Å². The smallest absolute Gasteiger partial charge is 0.280 e. The monoisotopic (exact) mass is 263 g/mol. The summed E-state index contributed by atoms with van der Waals surface area (Å²) >= 11 is 1.55. The summed E-state index contributed by atoms with van der Waals surface area (Å²) in [6.07, 6.45) is 1.95. The van der Waals surface area contributed by atoms with Crippen molar-refractivity contribution in [3.8, 4) is 0 Å². The molecule has 6 nitrogen and oxygen atoms in total. The number of aromatic nitrogens is 2. The van der Waals surface area contributed by atoms with Crippen LogP contribution >= 0.6 is 11.8 Å². The van der Waals surface area contributed by atoms with Crippen molar-refractivity contribution in [2.24, 2.45) is 23.5 Å². The zero-order chi connectivity index (χ0) is 13.3. The topological polar surface area (TPSA) is 99.3 Å². The Kier molecular flexibility index (Phi) is 3.24. The van der Waals surface area contributed by atoms with Crippen molar-refractivity contribution in [1.29, 1.82) is 0 Å². The molecule has 2 rings (SSSR count). The molecule has 0 spiro atoms. The average Bonchev–Trinajstić information content (AvgIpc) is 2.65. The molecule has 4 N–H and O–H groups in total. The molecule has 1 aromatic carbocycles. The van der Waals surface area contributed by atoms with Crippen LogP contribution in [0.5, 0.6) is 0 Å². The number of aliphatic imine (C=N–C) groups is 1. The van der Waals surface area contributed by atoms with Crippen molar-refractivity contribution >= 4 is 34.7 Å². The van der Waals surface area contributed by atoms with Gasteiger partial charge >= 0.3 is 0 Å². The number of nitrogens with two attached hydrogens (primary N) is 2. The van der Waals surface area contributed by atoms with Crippen LogP contribution in [-0.4, -0.2) is 27.7 Å². The first-order valence-electron chi connectivity index (χ1n) is 5.17. The zero-order valence-electron chi connectivity index (χ0n) is 10.0. The van der Waals surface area contributed by atoms with Crippen molar-refractivity contribution in [3.63, 3.8) is 0 Å². The molecule has 18 heavy (non-hydrogen) atoms. The van der Waals surface area contributed by atoms with Crippen LogP contribution in [-0.2, 0) is 7.05 Å². The average molecular weight is 263 g/mol. The van der Waals surface area contributed by atoms with E-state index in [1.807, 2.05) is 17.9 Å². The molecular weight excluding hydrogens is 250 g/mol. The number of fused-ring (bicyclic) bond motifs is 1. The van der Waals surface area contributed by atoms with Gasteiger partial charge in [0.2, 0.25) is 0 Å². The van der Waals surface area contributed by atoms with E-state index in [0.717, 1.165) is 16.2 Å². The summed E-state index contributed by atoms with van der Waals surface area (Å²) in [5, 5.41) is 0.886. The first-order chi connectivity index (χ1) is 8.52. The molecule has 0 aliphatic heterocycles. The van der Waals surface area contributed by atoms with Gasteiger partial charge in [-0.25, -0.2) is 4.98 Å². The molecule has 0 radical (unpaired) electrons. The largest absolute Gasteiger partial charge is 0.370 e. The molecule has 1 amide bonds. The highest BCUT2D eigenvalue weighted by Crippen LogP contribution is 2.22. The highest BCUT2D eigenvalue weighted by atomic mass is 32.2. The molecule has 0 bridgehead atoms. The second-order valence-corrected chi connectivity index (χ2v) is 4.48. The van der Waals surface area contributed by atoms with Crippen LogP contribution in [0.1, 0.15) is 10.4 Å². The number of hydrogen-bond acceptors (Lipinski definition) is 3. The predicted molar refractivity (Wildman–Crippen MR) is 72.6 cm³/mol. The van der Waals surface area contributed by atoms with E-state index in [-0.39, 0.29) is 5.96 Å². The van der Waals surface area contributed by atoms with Crippen LogP contribution in [0.4, 0.5) is 0 Å². The lowest BCUT2D eigenvalue weighted by atomic mass is 10.2. The number of hydrogen-bond donors (Lipinski definition) is 2. The molecule has 0 saturated heterocycles. The summed E-state index contributed by atoms with van der Waals surface area (Å²) < 4.78 is 1.92. The van der Waals surface area contributed by atoms with E-state index in [2.05, 4.69) is 9.98 Å². The van der Waals surface area contributed by atoms with Gasteiger partial charge in [0.1, 0.15) is 0 Å². The number of amides is 1. The van der Waals surface area contributed by atoms with Crippen molar-refractivity contribution in [2.45, 2.75) is 5.16 Å². The van der Waals surface area contributed by atoms with E-state index in [0.29, 0.717) is 5.56 Å². The number of nitrogens with zero attached hydrogens (tertiary/aromatic N) is 3. The molecule has 0 aliphatic rings. The van der Waals surface area contributed by atoms with Gasteiger partial charge in [-0.15, -0.1) is 0 Å². The number of guanidine groups is 1. The maximum absolute atomic E-state index is 11.7. The molecule has 1 aromatic heterocycles. The Balaban J connectivity index is 2.53. The minimum Gasteiger partial charge on any atom is -0.370 e. The van der Waals surface area contributed by atoms with E-state index in [1.54, 1.807) is 30.0 Å². The minimum absolute atomic E-state index is 0.241. The summed E-state index contributed by atoms with van der Waals surface area (Å²) in [4.78, 5) is 19.6. The Bertz CT molecular complexity index is 642. The zero-order valence-corrected chi connectivity index (χ0v) is 10.9. The molecule has 0 unspecified atom stereocenters. The van der Waals surface area contributed by atoms with Gasteiger partial charge in [0, 0.05) is 12.6 Å². The third-order valence-electron chi connectivity index (χ3n) is 2.50. The molecule has 94 valence electrons. The van der Waals surface area contributed by atoms with Crippen molar-refractivity contribution in [1.82, 2.24) is 9.55 Å². The lowest BCUT2D eigenvalue weighted by Gasteiger charge is -1.99. The molecule has 0 fully saturated rings. The lowest BCUT2D eigenvalue weighted by Crippen LogP contribution is -2.24. The maximum atomic E-state index is 11.7. The fraction of sp³-hybridized carbons (Fsp3) is 0.182.